The summed E-state index contributed by atoms with van der Waals surface area (Å²) in [5, 5.41) is 0. The lowest BCUT2D eigenvalue weighted by atomic mass is 10.4. The van der Waals surface area contributed by atoms with E-state index >= 15 is 0 Å². The summed E-state index contributed by atoms with van der Waals surface area (Å²) >= 11 is 0. The summed E-state index contributed by atoms with van der Waals surface area (Å²) in [6.45, 7) is 4.62. The van der Waals surface area contributed by atoms with Crippen LogP contribution in [0.3, 0.4) is 0 Å². The molecule has 0 aliphatic heterocycles. The maximum absolute atomic E-state index is 2.37. The second-order valence-corrected chi connectivity index (χ2v) is 3.41. The van der Waals surface area contributed by atoms with Gasteiger partial charge in [0.1, 0.15) is 0 Å². The number of unbranched alkanes of at least 4 members (excludes halogenated alkanes) is 1. The van der Waals surface area contributed by atoms with Gasteiger partial charge in [0, 0.05) is 9.52 Å². The molecule has 0 saturated carbocycles. The van der Waals surface area contributed by atoms with Crippen LogP contribution in [0.4, 0.5) is 0 Å². The third-order valence-corrected chi connectivity index (χ3v) is 2.16. The van der Waals surface area contributed by atoms with Crippen LogP contribution >= 0.6 is 0 Å². The SMILES string of the molecule is CCCC[SiH2]C.O. The van der Waals surface area contributed by atoms with Crippen molar-refractivity contribution < 1.29 is 5.48 Å². The first-order valence-electron chi connectivity index (χ1n) is 2.91. The van der Waals surface area contributed by atoms with Crippen LogP contribution in [-0.2, 0) is 0 Å². The zero-order valence-electron chi connectivity index (χ0n) is 5.33. The second-order valence-electron chi connectivity index (χ2n) is 1.71. The van der Waals surface area contributed by atoms with Crippen LogP contribution in [0.1, 0.15) is 19.8 Å². The molecule has 0 rings (SSSR count). The standard InChI is InChI=1S/C5H14Si.H2O/c1-3-4-5-6-2;/h3-6H2,1-2H3;1H2. The van der Waals surface area contributed by atoms with Gasteiger partial charge in [-0.05, 0) is 0 Å². The van der Waals surface area contributed by atoms with Crippen LogP contribution in [0.2, 0.25) is 12.6 Å². The average molecular weight is 120 g/mol. The Kier molecular flexibility index (Phi) is 13.8. The maximum Gasteiger partial charge on any atom is 0.0166 e. The van der Waals surface area contributed by atoms with Crippen molar-refractivity contribution >= 4 is 9.52 Å². The van der Waals surface area contributed by atoms with E-state index in [1.165, 1.54) is 12.8 Å². The van der Waals surface area contributed by atoms with Crippen LogP contribution < -0.4 is 0 Å². The van der Waals surface area contributed by atoms with Gasteiger partial charge in [-0.25, -0.2) is 0 Å². The molecular weight excluding hydrogens is 104 g/mol. The van der Waals surface area contributed by atoms with Crippen LogP contribution in [0.25, 0.3) is 0 Å². The molecule has 0 aromatic carbocycles. The quantitative estimate of drug-likeness (QED) is 0.386. The highest BCUT2D eigenvalue weighted by molar-refractivity contribution is 6.33. The highest BCUT2D eigenvalue weighted by atomic mass is 28.2. The Morgan fingerprint density at radius 3 is 2.14 bits per heavy atom. The van der Waals surface area contributed by atoms with Crippen molar-refractivity contribution in [3.05, 3.63) is 0 Å². The predicted molar refractivity (Wildman–Crippen MR) is 37.7 cm³/mol. The molecule has 0 aromatic heterocycles. The molecule has 0 radical (unpaired) electrons. The fraction of sp³-hybridized carbons (Fsp3) is 1.00. The molecule has 0 bridgehead atoms. The van der Waals surface area contributed by atoms with Crippen LogP contribution in [0, 0.1) is 0 Å². The Labute approximate surface area is 48.3 Å². The van der Waals surface area contributed by atoms with Crippen molar-refractivity contribution in [2.45, 2.75) is 32.4 Å². The fourth-order valence-corrected chi connectivity index (χ4v) is 1.50. The monoisotopic (exact) mass is 120 g/mol. The minimum Gasteiger partial charge on any atom is -0.412 e. The summed E-state index contributed by atoms with van der Waals surface area (Å²) in [5.74, 6) is 0. The summed E-state index contributed by atoms with van der Waals surface area (Å²) in [6, 6.07) is 1.55. The van der Waals surface area contributed by atoms with E-state index < -0.39 is 0 Å². The summed E-state index contributed by atoms with van der Waals surface area (Å²) in [6.07, 6.45) is 2.86. The topological polar surface area (TPSA) is 31.5 Å². The molecule has 7 heavy (non-hydrogen) atoms. The molecule has 2 heteroatoms. The number of rotatable bonds is 3. The third-order valence-electron chi connectivity index (χ3n) is 0.957. The highest BCUT2D eigenvalue weighted by Crippen LogP contribution is 1.90. The Hall–Kier alpha value is 0.177. The first-order valence-corrected chi connectivity index (χ1v) is 5.33. The normalized spacial score (nSPS) is 9.43. The van der Waals surface area contributed by atoms with Crippen LogP contribution in [-0.4, -0.2) is 15.0 Å². The van der Waals surface area contributed by atoms with Gasteiger partial charge in [0.2, 0.25) is 0 Å². The van der Waals surface area contributed by atoms with E-state index in [9.17, 15) is 0 Å². The highest BCUT2D eigenvalue weighted by Gasteiger charge is 1.76. The lowest BCUT2D eigenvalue weighted by Gasteiger charge is -1.85. The van der Waals surface area contributed by atoms with Gasteiger partial charge in [-0.2, -0.15) is 0 Å². The minimum atomic E-state index is 0. The van der Waals surface area contributed by atoms with E-state index in [4.69, 9.17) is 0 Å². The predicted octanol–water partition coefficient (Wildman–Crippen LogP) is 0.597. The molecule has 0 heterocycles. The Balaban J connectivity index is 0. The Morgan fingerprint density at radius 2 is 2.00 bits per heavy atom. The second kappa shape index (κ2) is 9.49. The van der Waals surface area contributed by atoms with E-state index in [1.54, 1.807) is 6.04 Å². The largest absolute Gasteiger partial charge is 0.412 e. The van der Waals surface area contributed by atoms with Crippen LogP contribution in [0.5, 0.6) is 0 Å². The van der Waals surface area contributed by atoms with Crippen molar-refractivity contribution in [1.29, 1.82) is 0 Å². The van der Waals surface area contributed by atoms with Gasteiger partial charge < -0.3 is 5.48 Å². The first kappa shape index (κ1) is 10.2. The van der Waals surface area contributed by atoms with E-state index in [2.05, 4.69) is 13.5 Å². The molecule has 0 unspecified atom stereocenters. The van der Waals surface area contributed by atoms with E-state index in [-0.39, 0.29) is 5.48 Å². The lowest BCUT2D eigenvalue weighted by molar-refractivity contribution is 0.824. The van der Waals surface area contributed by atoms with Gasteiger partial charge in [-0.1, -0.05) is 32.4 Å². The van der Waals surface area contributed by atoms with Gasteiger partial charge in [0.25, 0.3) is 0 Å². The molecule has 0 saturated heterocycles. The minimum absolute atomic E-state index is 0. The van der Waals surface area contributed by atoms with Gasteiger partial charge in [0.05, 0.1) is 0 Å². The molecule has 1 nitrogen and oxygen atoms in total. The lowest BCUT2D eigenvalue weighted by Crippen LogP contribution is -1.76. The van der Waals surface area contributed by atoms with Crippen LogP contribution in [0.15, 0.2) is 0 Å². The van der Waals surface area contributed by atoms with E-state index in [1.807, 2.05) is 0 Å². The zero-order chi connectivity index (χ0) is 4.83. The molecule has 0 atom stereocenters. The average Bonchev–Trinajstić information content (AvgIpc) is 1.61. The zero-order valence-corrected chi connectivity index (χ0v) is 6.74. The Morgan fingerprint density at radius 1 is 1.43 bits per heavy atom. The van der Waals surface area contributed by atoms with E-state index in [0.717, 1.165) is 0 Å². The molecule has 0 fully saturated rings. The number of hydrogen-bond donors (Lipinski definition) is 0. The third kappa shape index (κ3) is 10.7. The molecule has 0 spiro atoms. The van der Waals surface area contributed by atoms with Gasteiger partial charge >= 0.3 is 0 Å². The van der Waals surface area contributed by atoms with Crippen molar-refractivity contribution in [1.82, 2.24) is 0 Å². The molecule has 0 aliphatic rings. The van der Waals surface area contributed by atoms with Gasteiger partial charge in [-0.15, -0.1) is 0 Å². The summed E-state index contributed by atoms with van der Waals surface area (Å²) in [5.41, 5.74) is 0. The van der Waals surface area contributed by atoms with Crippen molar-refractivity contribution in [3.8, 4) is 0 Å². The molecule has 2 N–H and O–H groups in total. The van der Waals surface area contributed by atoms with Gasteiger partial charge in [-0.3, -0.25) is 0 Å². The Bertz CT molecular complexity index is 20.0. The molecule has 46 valence electrons. The number of hydrogen-bond acceptors (Lipinski definition) is 0. The van der Waals surface area contributed by atoms with Crippen molar-refractivity contribution in [2.24, 2.45) is 0 Å². The van der Waals surface area contributed by atoms with E-state index in [0.29, 0.717) is 9.52 Å². The summed E-state index contributed by atoms with van der Waals surface area (Å²) in [7, 11) is 0.403. The van der Waals surface area contributed by atoms with Crippen molar-refractivity contribution in [3.63, 3.8) is 0 Å². The first-order chi connectivity index (χ1) is 2.91. The molecule has 0 amide bonds. The van der Waals surface area contributed by atoms with Gasteiger partial charge in [0.15, 0.2) is 0 Å². The molecule has 0 aliphatic carbocycles. The summed E-state index contributed by atoms with van der Waals surface area (Å²) < 4.78 is 0. The summed E-state index contributed by atoms with van der Waals surface area (Å²) in [4.78, 5) is 0. The fourth-order valence-electron chi connectivity index (χ4n) is 0.500. The van der Waals surface area contributed by atoms with Crippen molar-refractivity contribution in [2.75, 3.05) is 0 Å². The maximum atomic E-state index is 2.37. The molecular formula is C5H16OSi. The molecule has 0 aromatic rings. The smallest absolute Gasteiger partial charge is 0.0166 e.